The molecule has 0 saturated heterocycles. The maximum absolute atomic E-state index is 8.71. The maximum Gasteiger partial charge on any atom is 1.00 e. The molecule has 6 heteroatoms. The minimum atomic E-state index is -0.330. The van der Waals surface area contributed by atoms with Gasteiger partial charge in [0.2, 0.25) is 5.88 Å². The van der Waals surface area contributed by atoms with Gasteiger partial charge in [-0.05, 0) is 12.5 Å². The van der Waals surface area contributed by atoms with Crippen molar-refractivity contribution in [2.45, 2.75) is 116 Å². The van der Waals surface area contributed by atoms with Crippen molar-refractivity contribution in [3.05, 3.63) is 24.8 Å². The first-order valence-electron chi connectivity index (χ1n) is 12.6. The first-order chi connectivity index (χ1) is 15.3. The number of nitrogens with zero attached hydrogens (tertiary/aromatic N) is 3. The van der Waals surface area contributed by atoms with Crippen molar-refractivity contribution in [1.82, 2.24) is 10.2 Å². The number of hydrogen-bond donors (Lipinski definition) is 0. The van der Waals surface area contributed by atoms with E-state index in [4.69, 9.17) is 14.7 Å². The third kappa shape index (κ3) is 18.5. The molecule has 0 aliphatic heterocycles. The van der Waals surface area contributed by atoms with Gasteiger partial charge in [-0.25, -0.2) is 0 Å². The molecule has 0 saturated carbocycles. The normalized spacial score (nSPS) is 11.5. The second kappa shape index (κ2) is 23.1. The van der Waals surface area contributed by atoms with E-state index in [1.807, 2.05) is 6.07 Å². The molecule has 0 fully saturated rings. The van der Waals surface area contributed by atoms with Gasteiger partial charge >= 0.3 is 19.8 Å². The molecule has 0 N–H and O–H groups in total. The van der Waals surface area contributed by atoms with Crippen molar-refractivity contribution in [1.29, 1.82) is 5.26 Å². The van der Waals surface area contributed by atoms with E-state index in [1.54, 1.807) is 12.1 Å². The van der Waals surface area contributed by atoms with Crippen LogP contribution in [0.3, 0.4) is 0 Å². The van der Waals surface area contributed by atoms with Crippen molar-refractivity contribution in [3.63, 3.8) is 0 Å². The Labute approximate surface area is 210 Å². The summed E-state index contributed by atoms with van der Waals surface area (Å²) in [5.41, 5.74) is 0.271. The molecule has 32 heavy (non-hydrogen) atoms. The molecule has 0 aromatic carbocycles. The average Bonchev–Trinajstić information content (AvgIpc) is 2.78. The Balaban J connectivity index is 0.00000961. The van der Waals surface area contributed by atoms with E-state index < -0.39 is 0 Å². The molecule has 0 aliphatic carbocycles. The zero-order valence-corrected chi connectivity index (χ0v) is 22.7. The first-order valence-corrected chi connectivity index (χ1v) is 12.6. The monoisotopic (exact) mass is 622 g/mol. The smallest absolute Gasteiger partial charge is 0.504 e. The average molecular weight is 621 g/mol. The fourth-order valence-electron chi connectivity index (χ4n) is 3.61. The van der Waals surface area contributed by atoms with Crippen LogP contribution in [0.15, 0.2) is 12.1 Å². The third-order valence-electron chi connectivity index (χ3n) is 5.49. The summed E-state index contributed by atoms with van der Waals surface area (Å²) in [7, 11) is 0. The molecular weight excluding hydrogens is 577 g/mol. The molecule has 1 atom stereocenters. The SMILES string of the molecule is [CH2-][C@@H](COCCCCCCCCCCCCCCCCCC)Oc1ccc(C#N)nn1.[Os+]. The summed E-state index contributed by atoms with van der Waals surface area (Å²) in [5.74, 6) is 0.366. The van der Waals surface area contributed by atoms with E-state index in [1.165, 1.54) is 96.3 Å². The van der Waals surface area contributed by atoms with E-state index in [0.717, 1.165) is 13.0 Å². The Hall–Kier alpha value is -1.03. The summed E-state index contributed by atoms with van der Waals surface area (Å²) in [6.07, 6.45) is 21.6. The first kappa shape index (κ1) is 31.0. The van der Waals surface area contributed by atoms with Crippen LogP contribution in [0, 0.1) is 18.3 Å². The molecule has 183 valence electrons. The Morgan fingerprint density at radius 3 is 1.75 bits per heavy atom. The maximum atomic E-state index is 8.71. The number of ether oxygens (including phenoxy) is 2. The third-order valence-corrected chi connectivity index (χ3v) is 5.49. The van der Waals surface area contributed by atoms with Crippen LogP contribution in [0.1, 0.15) is 115 Å². The van der Waals surface area contributed by atoms with Crippen LogP contribution in [0.4, 0.5) is 0 Å². The van der Waals surface area contributed by atoms with Crippen molar-refractivity contribution in [3.8, 4) is 11.9 Å². The van der Waals surface area contributed by atoms with Gasteiger partial charge < -0.3 is 16.4 Å². The molecule has 1 aromatic rings. The number of hydrogen-bond acceptors (Lipinski definition) is 5. The molecule has 0 amide bonds. The predicted octanol–water partition coefficient (Wildman–Crippen LogP) is 7.21. The van der Waals surface area contributed by atoms with Gasteiger partial charge in [-0.15, -0.1) is 10.2 Å². The van der Waals surface area contributed by atoms with Crippen LogP contribution in [-0.4, -0.2) is 29.5 Å². The Morgan fingerprint density at radius 2 is 1.31 bits per heavy atom. The van der Waals surface area contributed by atoms with Gasteiger partial charge in [-0.3, -0.25) is 0 Å². The van der Waals surface area contributed by atoms with Crippen LogP contribution < -0.4 is 4.74 Å². The summed E-state index contributed by atoms with van der Waals surface area (Å²) in [6.45, 7) is 7.36. The largest absolute Gasteiger partial charge is 1.00 e. The van der Waals surface area contributed by atoms with Crippen LogP contribution in [0.2, 0.25) is 0 Å². The molecule has 1 radical (unpaired) electrons. The molecule has 1 rings (SSSR count). The van der Waals surface area contributed by atoms with Crippen LogP contribution >= 0.6 is 0 Å². The Bertz CT molecular complexity index is 563. The van der Waals surface area contributed by atoms with Gasteiger partial charge in [0.25, 0.3) is 0 Å². The van der Waals surface area contributed by atoms with Crippen LogP contribution in [0.5, 0.6) is 5.88 Å². The van der Waals surface area contributed by atoms with Gasteiger partial charge in [-0.2, -0.15) is 5.26 Å². The number of aromatic nitrogens is 2. The van der Waals surface area contributed by atoms with Crippen molar-refractivity contribution < 1.29 is 29.3 Å². The molecule has 5 nitrogen and oxygen atoms in total. The Kier molecular flexibility index (Phi) is 22.4. The van der Waals surface area contributed by atoms with Crippen LogP contribution in [-0.2, 0) is 24.5 Å². The van der Waals surface area contributed by atoms with Gasteiger partial charge in [-0.1, -0.05) is 103 Å². The fourth-order valence-corrected chi connectivity index (χ4v) is 3.61. The van der Waals surface area contributed by atoms with Gasteiger partial charge in [0.05, 0.1) is 6.61 Å². The van der Waals surface area contributed by atoms with E-state index >= 15 is 0 Å². The standard InChI is InChI=1S/C26H44N3O2.Os/c1-3-4-5-6-7-8-9-10-11-12-13-14-15-16-17-18-21-30-23-24(2)31-26-20-19-25(22-27)28-29-26;/h19-20,24H,2-18,21,23H2,1H3;/q-1;+1/t24-;/m0./s1. The fraction of sp³-hybridized carbons (Fsp3) is 0.769. The molecular formula is C26H44N3O2Os. The second-order valence-electron chi connectivity index (χ2n) is 8.49. The summed E-state index contributed by atoms with van der Waals surface area (Å²) >= 11 is 0. The number of unbranched alkanes of at least 4 members (excludes halogenated alkanes) is 15. The molecule has 0 aliphatic rings. The van der Waals surface area contributed by atoms with E-state index in [2.05, 4.69) is 24.0 Å². The zero-order valence-electron chi connectivity index (χ0n) is 20.2. The van der Waals surface area contributed by atoms with Gasteiger partial charge in [0.1, 0.15) is 6.07 Å². The van der Waals surface area contributed by atoms with Crippen molar-refractivity contribution in [2.24, 2.45) is 0 Å². The van der Waals surface area contributed by atoms with Gasteiger partial charge in [0.15, 0.2) is 5.69 Å². The summed E-state index contributed by atoms with van der Waals surface area (Å²) in [6, 6.07) is 5.13. The summed E-state index contributed by atoms with van der Waals surface area (Å²) in [4.78, 5) is 0. The number of rotatable bonds is 21. The van der Waals surface area contributed by atoms with Gasteiger partial charge in [0, 0.05) is 18.8 Å². The molecule has 1 heterocycles. The van der Waals surface area contributed by atoms with E-state index in [-0.39, 0.29) is 31.6 Å². The topological polar surface area (TPSA) is 68.0 Å². The minimum absolute atomic E-state index is 0. The molecule has 0 unspecified atom stereocenters. The molecule has 0 bridgehead atoms. The van der Waals surface area contributed by atoms with Crippen molar-refractivity contribution >= 4 is 0 Å². The zero-order chi connectivity index (χ0) is 22.4. The predicted molar refractivity (Wildman–Crippen MR) is 127 cm³/mol. The summed E-state index contributed by atoms with van der Waals surface area (Å²) in [5, 5.41) is 16.3. The molecule has 1 aromatic heterocycles. The number of nitriles is 1. The van der Waals surface area contributed by atoms with Crippen LogP contribution in [0.25, 0.3) is 0 Å². The second-order valence-corrected chi connectivity index (χ2v) is 8.49. The van der Waals surface area contributed by atoms with E-state index in [9.17, 15) is 0 Å². The van der Waals surface area contributed by atoms with Crippen molar-refractivity contribution in [2.75, 3.05) is 13.2 Å². The minimum Gasteiger partial charge on any atom is -0.504 e. The van der Waals surface area contributed by atoms with E-state index in [0.29, 0.717) is 12.5 Å². The molecule has 0 spiro atoms. The summed E-state index contributed by atoms with van der Waals surface area (Å²) < 4.78 is 11.2. The quantitative estimate of drug-likeness (QED) is 0.107. The Morgan fingerprint density at radius 1 is 0.812 bits per heavy atom.